The maximum absolute atomic E-state index is 12.7. The normalized spacial score (nSPS) is 22.0. The lowest BCUT2D eigenvalue weighted by atomic mass is 9.95. The van der Waals surface area contributed by atoms with Gasteiger partial charge in [-0.1, -0.05) is 11.6 Å². The van der Waals surface area contributed by atoms with Crippen molar-refractivity contribution in [3.8, 4) is 0 Å². The van der Waals surface area contributed by atoms with Crippen LogP contribution in [0.2, 0.25) is 5.02 Å². The van der Waals surface area contributed by atoms with Crippen molar-refractivity contribution in [3.05, 3.63) is 34.9 Å². The zero-order valence-corrected chi connectivity index (χ0v) is 14.1. The van der Waals surface area contributed by atoms with E-state index in [1.165, 1.54) is 6.42 Å². The first kappa shape index (κ1) is 16.3. The molecule has 2 saturated heterocycles. The zero-order chi connectivity index (χ0) is 16.2. The van der Waals surface area contributed by atoms with Gasteiger partial charge in [0.25, 0.3) is 5.91 Å². The van der Waals surface area contributed by atoms with E-state index in [0.29, 0.717) is 17.1 Å². The molecule has 2 aliphatic heterocycles. The number of halogens is 1. The summed E-state index contributed by atoms with van der Waals surface area (Å²) in [5, 5.41) is 0.623. The van der Waals surface area contributed by atoms with Crippen LogP contribution < -0.4 is 0 Å². The smallest absolute Gasteiger partial charge is 0.253 e. The molecule has 23 heavy (non-hydrogen) atoms. The number of benzene rings is 1. The van der Waals surface area contributed by atoms with Gasteiger partial charge in [0.05, 0.1) is 5.92 Å². The number of nitrogens with zero attached hydrogens (tertiary/aromatic N) is 2. The highest BCUT2D eigenvalue weighted by Gasteiger charge is 2.31. The van der Waals surface area contributed by atoms with Crippen molar-refractivity contribution in [3.63, 3.8) is 0 Å². The fourth-order valence-electron chi connectivity index (χ4n) is 3.51. The average Bonchev–Trinajstić information content (AvgIpc) is 2.62. The van der Waals surface area contributed by atoms with Gasteiger partial charge >= 0.3 is 0 Å². The van der Waals surface area contributed by atoms with Gasteiger partial charge in [-0.25, -0.2) is 0 Å². The van der Waals surface area contributed by atoms with Crippen LogP contribution in [0.4, 0.5) is 0 Å². The quantitative estimate of drug-likeness (QED) is 0.833. The number of hydrogen-bond acceptors (Lipinski definition) is 2. The Labute approximate surface area is 142 Å². The minimum atomic E-state index is -0.0434. The third-order valence-corrected chi connectivity index (χ3v) is 5.07. The predicted molar refractivity (Wildman–Crippen MR) is 90.5 cm³/mol. The summed E-state index contributed by atoms with van der Waals surface area (Å²) in [6.45, 7) is 3.02. The number of rotatable bonds is 2. The standard InChI is InChI=1S/C18H23ClN2O2/c19-16-8-6-14(7-9-16)17(22)21-12-4-5-15(13-21)18(23)20-10-2-1-3-11-20/h6-9,15H,1-5,10-13H2/t15-/m0/s1. The number of carbonyl (C=O) groups excluding carboxylic acids is 2. The molecule has 124 valence electrons. The highest BCUT2D eigenvalue weighted by Crippen LogP contribution is 2.23. The fraction of sp³-hybridized carbons (Fsp3) is 0.556. The molecule has 0 saturated carbocycles. The van der Waals surface area contributed by atoms with Crippen molar-refractivity contribution in [1.82, 2.24) is 9.80 Å². The molecule has 0 bridgehead atoms. The molecule has 0 unspecified atom stereocenters. The van der Waals surface area contributed by atoms with Crippen LogP contribution in [0.3, 0.4) is 0 Å². The second kappa shape index (κ2) is 7.35. The minimum Gasteiger partial charge on any atom is -0.342 e. The molecule has 0 N–H and O–H groups in total. The molecular formula is C18H23ClN2O2. The van der Waals surface area contributed by atoms with Crippen molar-refractivity contribution >= 4 is 23.4 Å². The fourth-order valence-corrected chi connectivity index (χ4v) is 3.64. The molecule has 2 aliphatic rings. The van der Waals surface area contributed by atoms with Crippen LogP contribution in [0.15, 0.2) is 24.3 Å². The van der Waals surface area contributed by atoms with Crippen LogP contribution >= 0.6 is 11.6 Å². The Kier molecular flexibility index (Phi) is 5.21. The number of hydrogen-bond donors (Lipinski definition) is 0. The molecule has 0 aromatic heterocycles. The van der Waals surface area contributed by atoms with Gasteiger partial charge in [-0.3, -0.25) is 9.59 Å². The first-order chi connectivity index (χ1) is 11.1. The third kappa shape index (κ3) is 3.86. The summed E-state index contributed by atoms with van der Waals surface area (Å²) in [5.41, 5.74) is 0.639. The average molecular weight is 335 g/mol. The Morgan fingerprint density at radius 3 is 2.26 bits per heavy atom. The highest BCUT2D eigenvalue weighted by atomic mass is 35.5. The zero-order valence-electron chi connectivity index (χ0n) is 13.3. The Morgan fingerprint density at radius 1 is 0.913 bits per heavy atom. The molecule has 2 heterocycles. The summed E-state index contributed by atoms with van der Waals surface area (Å²) < 4.78 is 0. The van der Waals surface area contributed by atoms with Crippen molar-refractivity contribution in [2.45, 2.75) is 32.1 Å². The highest BCUT2D eigenvalue weighted by molar-refractivity contribution is 6.30. The monoisotopic (exact) mass is 334 g/mol. The van der Waals surface area contributed by atoms with E-state index < -0.39 is 0 Å². The molecule has 1 atom stereocenters. The minimum absolute atomic E-state index is 0.00203. The van der Waals surface area contributed by atoms with E-state index in [2.05, 4.69) is 0 Å². The Balaban J connectivity index is 1.64. The van der Waals surface area contributed by atoms with E-state index in [0.717, 1.165) is 45.3 Å². The van der Waals surface area contributed by atoms with Crippen LogP contribution in [-0.4, -0.2) is 47.8 Å². The lowest BCUT2D eigenvalue weighted by Gasteiger charge is -2.36. The van der Waals surface area contributed by atoms with Gasteiger partial charge in [-0.15, -0.1) is 0 Å². The van der Waals surface area contributed by atoms with Gasteiger partial charge in [-0.05, 0) is 56.4 Å². The van der Waals surface area contributed by atoms with Gasteiger partial charge in [-0.2, -0.15) is 0 Å². The maximum atomic E-state index is 12.7. The summed E-state index contributed by atoms with van der Waals surface area (Å²) in [4.78, 5) is 29.1. The number of amides is 2. The molecule has 0 spiro atoms. The number of piperidine rings is 2. The van der Waals surface area contributed by atoms with Crippen molar-refractivity contribution < 1.29 is 9.59 Å². The Bertz CT molecular complexity index is 567. The molecule has 0 aliphatic carbocycles. The van der Waals surface area contributed by atoms with E-state index in [4.69, 9.17) is 11.6 Å². The number of carbonyl (C=O) groups is 2. The van der Waals surface area contributed by atoms with E-state index in [9.17, 15) is 9.59 Å². The van der Waals surface area contributed by atoms with Gasteiger partial charge < -0.3 is 9.80 Å². The lowest BCUT2D eigenvalue weighted by molar-refractivity contribution is -0.137. The van der Waals surface area contributed by atoms with Gasteiger partial charge in [0.1, 0.15) is 0 Å². The van der Waals surface area contributed by atoms with Gasteiger partial charge in [0, 0.05) is 36.8 Å². The molecule has 2 fully saturated rings. The Morgan fingerprint density at radius 2 is 1.57 bits per heavy atom. The van der Waals surface area contributed by atoms with E-state index in [1.807, 2.05) is 9.80 Å². The summed E-state index contributed by atoms with van der Waals surface area (Å²) in [6.07, 6.45) is 5.21. The molecule has 5 heteroatoms. The summed E-state index contributed by atoms with van der Waals surface area (Å²) in [6, 6.07) is 6.96. The lowest BCUT2D eigenvalue weighted by Crippen LogP contribution is -2.47. The van der Waals surface area contributed by atoms with Crippen LogP contribution in [0.1, 0.15) is 42.5 Å². The van der Waals surface area contributed by atoms with Crippen LogP contribution in [0, 0.1) is 5.92 Å². The van der Waals surface area contributed by atoms with Gasteiger partial charge in [0.2, 0.25) is 5.91 Å². The largest absolute Gasteiger partial charge is 0.342 e. The second-order valence-corrected chi connectivity index (χ2v) is 6.92. The third-order valence-electron chi connectivity index (χ3n) is 4.82. The van der Waals surface area contributed by atoms with E-state index in [1.54, 1.807) is 24.3 Å². The summed E-state index contributed by atoms with van der Waals surface area (Å²) >= 11 is 5.88. The predicted octanol–water partition coefficient (Wildman–Crippen LogP) is 3.20. The maximum Gasteiger partial charge on any atom is 0.253 e. The van der Waals surface area contributed by atoms with Crippen molar-refractivity contribution in [1.29, 1.82) is 0 Å². The molecule has 2 amide bonds. The molecule has 4 nitrogen and oxygen atoms in total. The summed E-state index contributed by atoms with van der Waals surface area (Å²) in [7, 11) is 0. The van der Waals surface area contributed by atoms with Crippen molar-refractivity contribution in [2.75, 3.05) is 26.2 Å². The van der Waals surface area contributed by atoms with E-state index >= 15 is 0 Å². The molecule has 1 aromatic rings. The topological polar surface area (TPSA) is 40.6 Å². The molecule has 3 rings (SSSR count). The molecule has 0 radical (unpaired) electrons. The number of likely N-dealkylation sites (tertiary alicyclic amines) is 2. The first-order valence-corrected chi connectivity index (χ1v) is 8.86. The SMILES string of the molecule is O=C(c1ccc(Cl)cc1)N1CCC[C@H](C(=O)N2CCCCC2)C1. The summed E-state index contributed by atoms with van der Waals surface area (Å²) in [5.74, 6) is 0.189. The van der Waals surface area contributed by atoms with Gasteiger partial charge in [0.15, 0.2) is 0 Å². The molecule has 1 aromatic carbocycles. The van der Waals surface area contributed by atoms with Crippen LogP contribution in [0.5, 0.6) is 0 Å². The second-order valence-electron chi connectivity index (χ2n) is 6.48. The Hall–Kier alpha value is -1.55. The van der Waals surface area contributed by atoms with Crippen LogP contribution in [0.25, 0.3) is 0 Å². The van der Waals surface area contributed by atoms with Crippen molar-refractivity contribution in [2.24, 2.45) is 5.92 Å². The first-order valence-electron chi connectivity index (χ1n) is 8.49. The molecular weight excluding hydrogens is 312 g/mol. The van der Waals surface area contributed by atoms with Crippen LogP contribution in [-0.2, 0) is 4.79 Å². The van der Waals surface area contributed by atoms with E-state index in [-0.39, 0.29) is 17.7 Å².